The van der Waals surface area contributed by atoms with Crippen molar-refractivity contribution in [2.75, 3.05) is 0 Å². The smallest absolute Gasteiger partial charge is 0.360 e. The van der Waals surface area contributed by atoms with Crippen molar-refractivity contribution in [1.29, 1.82) is 0 Å². The highest BCUT2D eigenvalue weighted by Gasteiger charge is 2.18. The Morgan fingerprint density at radius 1 is 1.33 bits per heavy atom. The maximum absolute atomic E-state index is 10.3. The first kappa shape index (κ1) is 8.18. The molecule has 1 rings (SSSR count). The van der Waals surface area contributed by atoms with Gasteiger partial charge in [-0.1, -0.05) is 5.16 Å². The molecule has 0 aliphatic rings. The number of nitrogens with zero attached hydrogens (tertiary/aromatic N) is 2. The Balaban J connectivity index is 2.91. The summed E-state index contributed by atoms with van der Waals surface area (Å²) in [6, 6.07) is 0. The monoisotopic (exact) mass is 172 g/mol. The molecule has 2 N–H and O–H groups in total. The predicted octanol–water partition coefficient (Wildman–Crippen LogP) is -0.605. The minimum atomic E-state index is -1.35. The second-order valence-corrected chi connectivity index (χ2v) is 1.94. The van der Waals surface area contributed by atoms with Crippen molar-refractivity contribution in [3.05, 3.63) is 11.4 Å². The Morgan fingerprint density at radius 2 is 2.00 bits per heavy atom. The minimum absolute atomic E-state index is 0.185. The largest absolute Gasteiger partial charge is 0.481 e. The van der Waals surface area contributed by atoms with Crippen LogP contribution in [0.5, 0.6) is 0 Å². The average Bonchev–Trinajstić information content (AvgIpc) is 2.33. The number of hydrogen-bond donors (Lipinski definition) is 2. The molecule has 0 fully saturated rings. The summed E-state index contributed by atoms with van der Waals surface area (Å²) in [6.45, 7) is 0. The summed E-state index contributed by atoms with van der Waals surface area (Å²) in [5.41, 5.74) is -0.646. The van der Waals surface area contributed by atoms with Crippen LogP contribution in [0.4, 0.5) is 0 Å². The second kappa shape index (κ2) is 2.99. The molecule has 7 heteroatoms. The zero-order valence-electron chi connectivity index (χ0n) is 5.72. The maximum Gasteiger partial charge on any atom is 0.360 e. The highest BCUT2D eigenvalue weighted by Crippen LogP contribution is 2.02. The summed E-state index contributed by atoms with van der Waals surface area (Å²) < 4.78 is 4.06. The van der Waals surface area contributed by atoms with Crippen LogP contribution < -0.4 is 0 Å². The number of aromatic carboxylic acids is 1. The summed E-state index contributed by atoms with van der Waals surface area (Å²) in [6.07, 6.45) is -0.509. The third kappa shape index (κ3) is 1.57. The van der Waals surface area contributed by atoms with Crippen LogP contribution in [0.2, 0.25) is 0 Å². The van der Waals surface area contributed by atoms with Crippen LogP contribution in [0, 0.1) is 0 Å². The first-order valence-electron chi connectivity index (χ1n) is 2.87. The molecule has 1 heterocycles. The minimum Gasteiger partial charge on any atom is -0.481 e. The van der Waals surface area contributed by atoms with E-state index < -0.39 is 24.1 Å². The summed E-state index contributed by atoms with van der Waals surface area (Å²) in [5.74, 6) is -2.54. The molecule has 0 radical (unpaired) electrons. The molecule has 0 amide bonds. The highest BCUT2D eigenvalue weighted by atomic mass is 16.6. The van der Waals surface area contributed by atoms with Gasteiger partial charge in [0.25, 0.3) is 0 Å². The highest BCUT2D eigenvalue weighted by molar-refractivity contribution is 5.87. The van der Waals surface area contributed by atoms with Crippen LogP contribution in [-0.2, 0) is 11.2 Å². The molecule has 7 nitrogen and oxygen atoms in total. The van der Waals surface area contributed by atoms with Gasteiger partial charge in [-0.3, -0.25) is 4.79 Å². The van der Waals surface area contributed by atoms with Crippen molar-refractivity contribution in [2.24, 2.45) is 0 Å². The van der Waals surface area contributed by atoms with Gasteiger partial charge in [-0.15, -0.1) is 0 Å². The summed E-state index contributed by atoms with van der Waals surface area (Å²) in [4.78, 5) is 20.4. The standard InChI is InChI=1S/C5H4N2O5/c8-3(9)1-2-4(5(10)11)7-12-6-2/h1H2,(H,8,9)(H,10,11). The number of carbonyl (C=O) groups is 2. The maximum atomic E-state index is 10.3. The van der Waals surface area contributed by atoms with Crippen molar-refractivity contribution in [3.63, 3.8) is 0 Å². The molecule has 1 aromatic heterocycles. The van der Waals surface area contributed by atoms with E-state index in [9.17, 15) is 9.59 Å². The van der Waals surface area contributed by atoms with Gasteiger partial charge in [0.1, 0.15) is 5.69 Å². The number of rotatable bonds is 3. The van der Waals surface area contributed by atoms with E-state index >= 15 is 0 Å². The van der Waals surface area contributed by atoms with Crippen LogP contribution >= 0.6 is 0 Å². The van der Waals surface area contributed by atoms with Gasteiger partial charge in [0.2, 0.25) is 5.69 Å². The van der Waals surface area contributed by atoms with Gasteiger partial charge in [0, 0.05) is 0 Å². The van der Waals surface area contributed by atoms with Crippen LogP contribution in [0.25, 0.3) is 0 Å². The van der Waals surface area contributed by atoms with E-state index in [1.54, 1.807) is 0 Å². The van der Waals surface area contributed by atoms with Crippen molar-refractivity contribution in [1.82, 2.24) is 10.3 Å². The molecule has 0 spiro atoms. The van der Waals surface area contributed by atoms with Gasteiger partial charge in [0.05, 0.1) is 6.42 Å². The van der Waals surface area contributed by atoms with Gasteiger partial charge in [-0.25, -0.2) is 9.42 Å². The van der Waals surface area contributed by atoms with E-state index in [1.165, 1.54) is 0 Å². The summed E-state index contributed by atoms with van der Waals surface area (Å²) in [5, 5.41) is 22.9. The van der Waals surface area contributed by atoms with Gasteiger partial charge < -0.3 is 10.2 Å². The topological polar surface area (TPSA) is 114 Å². The quantitative estimate of drug-likeness (QED) is 0.625. The molecule has 0 unspecified atom stereocenters. The second-order valence-electron chi connectivity index (χ2n) is 1.94. The molecule has 0 aliphatic carbocycles. The van der Waals surface area contributed by atoms with E-state index in [0.717, 1.165) is 0 Å². The van der Waals surface area contributed by atoms with Gasteiger partial charge in [-0.2, -0.15) is 0 Å². The average molecular weight is 172 g/mol. The fraction of sp³-hybridized carbons (Fsp3) is 0.200. The third-order valence-corrected chi connectivity index (χ3v) is 1.08. The molecule has 0 saturated heterocycles. The Labute approximate surface area is 65.6 Å². The fourth-order valence-corrected chi connectivity index (χ4v) is 0.628. The Bertz CT molecular complexity index is 317. The molecule has 1 aromatic rings. The molecule has 0 atom stereocenters. The van der Waals surface area contributed by atoms with E-state index in [2.05, 4.69) is 14.9 Å². The van der Waals surface area contributed by atoms with E-state index in [-0.39, 0.29) is 5.69 Å². The molecule has 0 aliphatic heterocycles. The first-order valence-corrected chi connectivity index (χ1v) is 2.87. The molecule has 64 valence electrons. The van der Waals surface area contributed by atoms with Crippen LogP contribution in [0.15, 0.2) is 4.63 Å². The van der Waals surface area contributed by atoms with Crippen LogP contribution in [0.1, 0.15) is 16.2 Å². The molecule has 0 bridgehead atoms. The lowest BCUT2D eigenvalue weighted by Gasteiger charge is -1.87. The van der Waals surface area contributed by atoms with Crippen molar-refractivity contribution in [3.8, 4) is 0 Å². The zero-order chi connectivity index (χ0) is 9.14. The van der Waals surface area contributed by atoms with Crippen molar-refractivity contribution < 1.29 is 24.4 Å². The number of carboxylic acids is 2. The van der Waals surface area contributed by atoms with Gasteiger partial charge >= 0.3 is 11.9 Å². The van der Waals surface area contributed by atoms with Crippen LogP contribution in [-0.4, -0.2) is 32.5 Å². The number of aromatic nitrogens is 2. The Morgan fingerprint density at radius 3 is 2.50 bits per heavy atom. The van der Waals surface area contributed by atoms with Crippen molar-refractivity contribution >= 4 is 11.9 Å². The first-order chi connectivity index (χ1) is 5.61. The van der Waals surface area contributed by atoms with Crippen LogP contribution in [0.3, 0.4) is 0 Å². The van der Waals surface area contributed by atoms with Crippen molar-refractivity contribution in [2.45, 2.75) is 6.42 Å². The molecule has 12 heavy (non-hydrogen) atoms. The summed E-state index contributed by atoms with van der Waals surface area (Å²) in [7, 11) is 0. The van der Waals surface area contributed by atoms with Gasteiger partial charge in [-0.05, 0) is 5.16 Å². The SMILES string of the molecule is O=C(O)Cc1nonc1C(=O)O. The third-order valence-electron chi connectivity index (χ3n) is 1.08. The number of carboxylic acid groups (broad SMARTS) is 2. The van der Waals surface area contributed by atoms with E-state index in [1.807, 2.05) is 0 Å². The summed E-state index contributed by atoms with van der Waals surface area (Å²) >= 11 is 0. The van der Waals surface area contributed by atoms with Gasteiger partial charge in [0.15, 0.2) is 0 Å². The lowest BCUT2D eigenvalue weighted by molar-refractivity contribution is -0.136. The normalized spacial score (nSPS) is 9.67. The molecule has 0 aromatic carbocycles. The zero-order valence-corrected chi connectivity index (χ0v) is 5.72. The van der Waals surface area contributed by atoms with E-state index in [0.29, 0.717) is 0 Å². The lowest BCUT2D eigenvalue weighted by Crippen LogP contribution is -2.07. The fourth-order valence-electron chi connectivity index (χ4n) is 0.628. The number of aliphatic carboxylic acids is 1. The van der Waals surface area contributed by atoms with E-state index in [4.69, 9.17) is 10.2 Å². The number of hydrogen-bond acceptors (Lipinski definition) is 5. The molecule has 0 saturated carbocycles. The Kier molecular flexibility index (Phi) is 2.04. The molecular weight excluding hydrogens is 168 g/mol. The predicted molar refractivity (Wildman–Crippen MR) is 32.6 cm³/mol. The Hall–Kier alpha value is -1.92. The lowest BCUT2D eigenvalue weighted by atomic mass is 10.2. The molecular formula is C5H4N2O5.